The summed E-state index contributed by atoms with van der Waals surface area (Å²) in [4.78, 5) is 0. The summed E-state index contributed by atoms with van der Waals surface area (Å²) in [6.07, 6.45) is 2.68. The molecule has 0 aliphatic carbocycles. The Bertz CT molecular complexity index is 680. The van der Waals surface area contributed by atoms with E-state index in [4.69, 9.17) is 11.6 Å². The van der Waals surface area contributed by atoms with Crippen molar-refractivity contribution >= 4 is 22.5 Å². The van der Waals surface area contributed by atoms with Crippen LogP contribution in [0.5, 0.6) is 0 Å². The fourth-order valence-electron chi connectivity index (χ4n) is 2.05. The van der Waals surface area contributed by atoms with Gasteiger partial charge in [0, 0.05) is 10.4 Å². The van der Waals surface area contributed by atoms with Gasteiger partial charge in [0.15, 0.2) is 0 Å². The van der Waals surface area contributed by atoms with Gasteiger partial charge in [-0.1, -0.05) is 48.0 Å². The molecular formula is C15H11ClN2. The molecule has 0 bridgehead atoms. The maximum Gasteiger partial charge on any atom is 0.0947 e. The summed E-state index contributed by atoms with van der Waals surface area (Å²) in [5, 5.41) is 9.95. The van der Waals surface area contributed by atoms with Gasteiger partial charge in [-0.05, 0) is 29.7 Å². The highest BCUT2D eigenvalue weighted by molar-refractivity contribution is 6.31. The summed E-state index contributed by atoms with van der Waals surface area (Å²) in [6, 6.07) is 16.1. The van der Waals surface area contributed by atoms with Crippen molar-refractivity contribution < 1.29 is 0 Å². The smallest absolute Gasteiger partial charge is 0.0947 e. The van der Waals surface area contributed by atoms with Crippen molar-refractivity contribution in [2.75, 3.05) is 0 Å². The average molecular weight is 255 g/mol. The molecule has 1 heterocycles. The molecule has 0 amide bonds. The first-order chi connectivity index (χ1) is 8.83. The van der Waals surface area contributed by atoms with Crippen molar-refractivity contribution in [2.24, 2.45) is 0 Å². The highest BCUT2D eigenvalue weighted by Crippen LogP contribution is 2.21. The second-order valence-corrected chi connectivity index (χ2v) is 4.63. The van der Waals surface area contributed by atoms with Gasteiger partial charge in [-0.2, -0.15) is 10.2 Å². The molecule has 0 fully saturated rings. The second kappa shape index (κ2) is 4.75. The van der Waals surface area contributed by atoms with Gasteiger partial charge in [-0.25, -0.2) is 0 Å². The average Bonchev–Trinajstić information content (AvgIpc) is 2.40. The predicted molar refractivity (Wildman–Crippen MR) is 73.8 cm³/mol. The lowest BCUT2D eigenvalue weighted by Gasteiger charge is -2.05. The van der Waals surface area contributed by atoms with Gasteiger partial charge < -0.3 is 0 Å². The van der Waals surface area contributed by atoms with E-state index in [1.807, 2.05) is 42.6 Å². The SMILES string of the molecule is Clc1ccc2c(Cc3ccccc3)cnnc2c1. The monoisotopic (exact) mass is 254 g/mol. The van der Waals surface area contributed by atoms with Crippen LogP contribution in [-0.2, 0) is 6.42 Å². The van der Waals surface area contributed by atoms with E-state index < -0.39 is 0 Å². The van der Waals surface area contributed by atoms with E-state index in [0.717, 1.165) is 17.3 Å². The summed E-state index contributed by atoms with van der Waals surface area (Å²) in [5.41, 5.74) is 3.28. The van der Waals surface area contributed by atoms with Gasteiger partial charge in [0.1, 0.15) is 0 Å². The molecule has 0 aliphatic rings. The molecule has 18 heavy (non-hydrogen) atoms. The van der Waals surface area contributed by atoms with Crippen molar-refractivity contribution in [3.05, 3.63) is 70.9 Å². The third-order valence-corrected chi connectivity index (χ3v) is 3.16. The Morgan fingerprint density at radius 2 is 1.83 bits per heavy atom. The number of hydrogen-bond acceptors (Lipinski definition) is 2. The number of rotatable bonds is 2. The molecule has 0 spiro atoms. The third-order valence-electron chi connectivity index (χ3n) is 2.92. The lowest BCUT2D eigenvalue weighted by atomic mass is 10.0. The molecule has 0 saturated heterocycles. The largest absolute Gasteiger partial charge is 0.158 e. The maximum absolute atomic E-state index is 5.96. The number of nitrogens with zero attached hydrogens (tertiary/aromatic N) is 2. The number of halogens is 1. The zero-order valence-electron chi connectivity index (χ0n) is 9.68. The van der Waals surface area contributed by atoms with E-state index in [1.165, 1.54) is 11.1 Å². The zero-order valence-corrected chi connectivity index (χ0v) is 10.4. The Hall–Kier alpha value is -1.93. The van der Waals surface area contributed by atoms with E-state index >= 15 is 0 Å². The Morgan fingerprint density at radius 1 is 1.00 bits per heavy atom. The van der Waals surface area contributed by atoms with Crippen LogP contribution in [-0.4, -0.2) is 10.2 Å². The van der Waals surface area contributed by atoms with Crippen LogP contribution in [0.3, 0.4) is 0 Å². The molecule has 2 nitrogen and oxygen atoms in total. The number of aromatic nitrogens is 2. The lowest BCUT2D eigenvalue weighted by molar-refractivity contribution is 1.04. The van der Waals surface area contributed by atoms with Crippen LogP contribution in [0.25, 0.3) is 10.9 Å². The van der Waals surface area contributed by atoms with Gasteiger partial charge in [-0.3, -0.25) is 0 Å². The molecule has 3 rings (SSSR count). The van der Waals surface area contributed by atoms with Crippen LogP contribution < -0.4 is 0 Å². The summed E-state index contributed by atoms with van der Waals surface area (Å²) in [5.74, 6) is 0. The van der Waals surface area contributed by atoms with Crippen LogP contribution in [0.15, 0.2) is 54.7 Å². The van der Waals surface area contributed by atoms with Gasteiger partial charge in [-0.15, -0.1) is 0 Å². The van der Waals surface area contributed by atoms with E-state index in [1.54, 1.807) is 0 Å². The highest BCUT2D eigenvalue weighted by atomic mass is 35.5. The van der Waals surface area contributed by atoms with Crippen LogP contribution in [0.2, 0.25) is 5.02 Å². The van der Waals surface area contributed by atoms with Crippen LogP contribution in [0.1, 0.15) is 11.1 Å². The van der Waals surface area contributed by atoms with Gasteiger partial charge >= 0.3 is 0 Å². The molecule has 3 heteroatoms. The topological polar surface area (TPSA) is 25.8 Å². The molecule has 2 aromatic carbocycles. The van der Waals surface area contributed by atoms with Crippen LogP contribution in [0, 0.1) is 0 Å². The molecule has 88 valence electrons. The Morgan fingerprint density at radius 3 is 2.67 bits per heavy atom. The molecule has 0 N–H and O–H groups in total. The Labute approximate surface area is 110 Å². The van der Waals surface area contributed by atoms with Gasteiger partial charge in [0.25, 0.3) is 0 Å². The van der Waals surface area contributed by atoms with Crippen molar-refractivity contribution in [1.29, 1.82) is 0 Å². The molecule has 0 radical (unpaired) electrons. The Kier molecular flexibility index (Phi) is 2.95. The first-order valence-electron chi connectivity index (χ1n) is 5.77. The van der Waals surface area contributed by atoms with Gasteiger partial charge in [0.2, 0.25) is 0 Å². The molecule has 0 atom stereocenters. The minimum absolute atomic E-state index is 0.689. The molecule has 0 unspecified atom stereocenters. The number of hydrogen-bond donors (Lipinski definition) is 0. The van der Waals surface area contributed by atoms with Crippen LogP contribution in [0.4, 0.5) is 0 Å². The summed E-state index contributed by atoms with van der Waals surface area (Å²) >= 11 is 5.96. The molecule has 1 aromatic heterocycles. The first kappa shape index (κ1) is 11.2. The van der Waals surface area contributed by atoms with Gasteiger partial charge in [0.05, 0.1) is 11.7 Å². The second-order valence-electron chi connectivity index (χ2n) is 4.19. The maximum atomic E-state index is 5.96. The fraction of sp³-hybridized carbons (Fsp3) is 0.0667. The van der Waals surface area contributed by atoms with Crippen molar-refractivity contribution in [1.82, 2.24) is 10.2 Å². The number of benzene rings is 2. The first-order valence-corrected chi connectivity index (χ1v) is 6.14. The Balaban J connectivity index is 2.07. The molecule has 3 aromatic rings. The number of fused-ring (bicyclic) bond motifs is 1. The summed E-state index contributed by atoms with van der Waals surface area (Å²) in [6.45, 7) is 0. The minimum atomic E-state index is 0.689. The fourth-order valence-corrected chi connectivity index (χ4v) is 2.21. The van der Waals surface area contributed by atoms with Crippen molar-refractivity contribution in [3.63, 3.8) is 0 Å². The molecular weight excluding hydrogens is 244 g/mol. The highest BCUT2D eigenvalue weighted by Gasteiger charge is 2.04. The normalized spacial score (nSPS) is 10.7. The zero-order chi connectivity index (χ0) is 12.4. The predicted octanol–water partition coefficient (Wildman–Crippen LogP) is 3.87. The molecule has 0 aliphatic heterocycles. The summed E-state index contributed by atoms with van der Waals surface area (Å²) < 4.78 is 0. The van der Waals surface area contributed by atoms with E-state index in [9.17, 15) is 0 Å². The van der Waals surface area contributed by atoms with E-state index in [2.05, 4.69) is 22.3 Å². The van der Waals surface area contributed by atoms with Crippen molar-refractivity contribution in [2.45, 2.75) is 6.42 Å². The van der Waals surface area contributed by atoms with E-state index in [0.29, 0.717) is 5.02 Å². The third kappa shape index (κ3) is 2.20. The quantitative estimate of drug-likeness (QED) is 0.694. The molecule has 0 saturated carbocycles. The standard InChI is InChI=1S/C15H11ClN2/c16-13-6-7-14-12(10-17-18-15(14)9-13)8-11-4-2-1-3-5-11/h1-7,9-10H,8H2. The van der Waals surface area contributed by atoms with E-state index in [-0.39, 0.29) is 0 Å². The lowest BCUT2D eigenvalue weighted by Crippen LogP contribution is -1.93. The summed E-state index contributed by atoms with van der Waals surface area (Å²) in [7, 11) is 0. The minimum Gasteiger partial charge on any atom is -0.158 e. The van der Waals surface area contributed by atoms with Crippen molar-refractivity contribution in [3.8, 4) is 0 Å². The van der Waals surface area contributed by atoms with Crippen LogP contribution >= 0.6 is 11.6 Å².